The SMILES string of the molecule is Brc1ccc(NCc2cc(Br)c(Br)o2)c(Br)c1. The first-order valence-corrected chi connectivity index (χ1v) is 7.86. The fourth-order valence-electron chi connectivity index (χ4n) is 1.29. The zero-order valence-electron chi connectivity index (χ0n) is 8.44. The van der Waals surface area contributed by atoms with Crippen LogP contribution < -0.4 is 5.32 Å². The molecule has 1 aromatic heterocycles. The van der Waals surface area contributed by atoms with Crippen LogP contribution in [0.2, 0.25) is 0 Å². The fourth-order valence-corrected chi connectivity index (χ4v) is 3.14. The smallest absolute Gasteiger partial charge is 0.183 e. The van der Waals surface area contributed by atoms with E-state index < -0.39 is 0 Å². The number of hydrogen-bond donors (Lipinski definition) is 1. The van der Waals surface area contributed by atoms with Gasteiger partial charge in [-0.05, 0) is 72.1 Å². The predicted octanol–water partition coefficient (Wildman–Crippen LogP) is 5.94. The van der Waals surface area contributed by atoms with Gasteiger partial charge in [0.1, 0.15) is 5.76 Å². The van der Waals surface area contributed by atoms with E-state index >= 15 is 0 Å². The molecule has 0 amide bonds. The number of benzene rings is 1. The standard InChI is InChI=1S/C11H7Br4NO/c12-6-1-2-10(8(13)3-6)16-5-7-4-9(14)11(15)17-7/h1-4,16H,5H2. The molecule has 0 saturated carbocycles. The monoisotopic (exact) mass is 485 g/mol. The second kappa shape index (κ2) is 5.91. The lowest BCUT2D eigenvalue weighted by Crippen LogP contribution is -1.98. The van der Waals surface area contributed by atoms with E-state index in [0.717, 1.165) is 24.9 Å². The van der Waals surface area contributed by atoms with E-state index in [1.807, 2.05) is 24.3 Å². The van der Waals surface area contributed by atoms with Crippen LogP contribution >= 0.6 is 63.7 Å². The number of halogens is 4. The van der Waals surface area contributed by atoms with Crippen molar-refractivity contribution in [2.75, 3.05) is 5.32 Å². The lowest BCUT2D eigenvalue weighted by atomic mass is 10.3. The van der Waals surface area contributed by atoms with Crippen LogP contribution in [0.1, 0.15) is 5.76 Å². The molecule has 90 valence electrons. The molecule has 0 spiro atoms. The number of rotatable bonds is 3. The van der Waals surface area contributed by atoms with Crippen LogP contribution in [0.5, 0.6) is 0 Å². The lowest BCUT2D eigenvalue weighted by molar-refractivity contribution is 0.494. The van der Waals surface area contributed by atoms with Crippen molar-refractivity contribution >= 4 is 69.4 Å². The van der Waals surface area contributed by atoms with Crippen molar-refractivity contribution in [3.8, 4) is 0 Å². The minimum Gasteiger partial charge on any atom is -0.451 e. The fraction of sp³-hybridized carbons (Fsp3) is 0.0909. The lowest BCUT2D eigenvalue weighted by Gasteiger charge is -2.07. The first-order chi connectivity index (χ1) is 8.06. The zero-order chi connectivity index (χ0) is 12.4. The van der Waals surface area contributed by atoms with Gasteiger partial charge >= 0.3 is 0 Å². The molecule has 0 radical (unpaired) electrons. The summed E-state index contributed by atoms with van der Waals surface area (Å²) in [5.74, 6) is 0.860. The first-order valence-electron chi connectivity index (χ1n) is 4.69. The minimum absolute atomic E-state index is 0.629. The summed E-state index contributed by atoms with van der Waals surface area (Å²) >= 11 is 13.6. The molecule has 0 aliphatic rings. The maximum atomic E-state index is 5.48. The molecular weight excluding hydrogens is 482 g/mol. The number of hydrogen-bond acceptors (Lipinski definition) is 2. The van der Waals surface area contributed by atoms with Gasteiger partial charge in [0.05, 0.1) is 11.0 Å². The number of furan rings is 1. The summed E-state index contributed by atoms with van der Waals surface area (Å²) in [6.07, 6.45) is 0. The third kappa shape index (κ3) is 3.59. The molecule has 2 aromatic rings. The Morgan fingerprint density at radius 1 is 1.00 bits per heavy atom. The van der Waals surface area contributed by atoms with E-state index in [1.54, 1.807) is 0 Å². The van der Waals surface area contributed by atoms with Crippen molar-refractivity contribution in [2.24, 2.45) is 0 Å². The van der Waals surface area contributed by atoms with Gasteiger partial charge < -0.3 is 9.73 Å². The summed E-state index contributed by atoms with van der Waals surface area (Å²) in [5, 5.41) is 3.29. The van der Waals surface area contributed by atoms with Crippen molar-refractivity contribution in [3.63, 3.8) is 0 Å². The van der Waals surface area contributed by atoms with E-state index in [9.17, 15) is 0 Å². The average Bonchev–Trinajstić information content (AvgIpc) is 2.57. The topological polar surface area (TPSA) is 25.2 Å². The van der Waals surface area contributed by atoms with Gasteiger partial charge in [-0.15, -0.1) is 0 Å². The summed E-state index contributed by atoms with van der Waals surface area (Å²) in [6, 6.07) is 7.92. The summed E-state index contributed by atoms with van der Waals surface area (Å²) in [4.78, 5) is 0. The highest BCUT2D eigenvalue weighted by Crippen LogP contribution is 2.29. The Balaban J connectivity index is 2.07. The van der Waals surface area contributed by atoms with Crippen molar-refractivity contribution in [3.05, 3.63) is 48.1 Å². The van der Waals surface area contributed by atoms with Crippen LogP contribution in [0.25, 0.3) is 0 Å². The third-order valence-corrected chi connectivity index (χ3v) is 4.94. The van der Waals surface area contributed by atoms with Crippen LogP contribution in [-0.2, 0) is 6.54 Å². The molecule has 0 bridgehead atoms. The van der Waals surface area contributed by atoms with Crippen LogP contribution in [0, 0.1) is 0 Å². The molecule has 1 aromatic carbocycles. The van der Waals surface area contributed by atoms with Crippen LogP contribution in [0.4, 0.5) is 5.69 Å². The number of nitrogens with one attached hydrogen (secondary N) is 1. The van der Waals surface area contributed by atoms with Gasteiger partial charge in [0, 0.05) is 14.6 Å². The first kappa shape index (κ1) is 13.6. The summed E-state index contributed by atoms with van der Waals surface area (Å²) in [5.41, 5.74) is 1.02. The maximum Gasteiger partial charge on any atom is 0.183 e. The van der Waals surface area contributed by atoms with Crippen molar-refractivity contribution in [1.82, 2.24) is 0 Å². The Kier molecular flexibility index (Phi) is 4.74. The van der Waals surface area contributed by atoms with E-state index in [-0.39, 0.29) is 0 Å². The quantitative estimate of drug-likeness (QED) is 0.578. The molecule has 0 fully saturated rings. The summed E-state index contributed by atoms with van der Waals surface area (Å²) in [7, 11) is 0. The summed E-state index contributed by atoms with van der Waals surface area (Å²) < 4.78 is 9.17. The maximum absolute atomic E-state index is 5.48. The molecule has 2 nitrogen and oxygen atoms in total. The molecule has 0 unspecified atom stereocenters. The molecule has 6 heteroatoms. The Bertz CT molecular complexity index is 519. The van der Waals surface area contributed by atoms with Gasteiger partial charge in [-0.1, -0.05) is 15.9 Å². The van der Waals surface area contributed by atoms with E-state index in [1.165, 1.54) is 0 Å². The highest BCUT2D eigenvalue weighted by Gasteiger charge is 2.06. The largest absolute Gasteiger partial charge is 0.451 e. The highest BCUT2D eigenvalue weighted by molar-refractivity contribution is 9.13. The molecule has 2 rings (SSSR count). The van der Waals surface area contributed by atoms with E-state index in [2.05, 4.69) is 69.0 Å². The molecule has 17 heavy (non-hydrogen) atoms. The van der Waals surface area contributed by atoms with Crippen molar-refractivity contribution in [1.29, 1.82) is 0 Å². The molecule has 1 N–H and O–H groups in total. The average molecular weight is 489 g/mol. The molecule has 0 saturated heterocycles. The molecule has 1 heterocycles. The predicted molar refractivity (Wildman–Crippen MR) is 83.3 cm³/mol. The normalized spacial score (nSPS) is 10.6. The molecular formula is C11H7Br4NO. The Labute approximate surface area is 133 Å². The van der Waals surface area contributed by atoms with Crippen LogP contribution in [-0.4, -0.2) is 0 Å². The minimum atomic E-state index is 0.629. The second-order valence-electron chi connectivity index (χ2n) is 3.31. The summed E-state index contributed by atoms with van der Waals surface area (Å²) in [6.45, 7) is 0.629. The van der Waals surface area contributed by atoms with Crippen molar-refractivity contribution in [2.45, 2.75) is 6.54 Å². The highest BCUT2D eigenvalue weighted by atomic mass is 79.9. The Morgan fingerprint density at radius 2 is 1.76 bits per heavy atom. The van der Waals surface area contributed by atoms with Crippen molar-refractivity contribution < 1.29 is 4.42 Å². The van der Waals surface area contributed by atoms with Gasteiger partial charge in [0.15, 0.2) is 4.67 Å². The van der Waals surface area contributed by atoms with E-state index in [0.29, 0.717) is 11.2 Å². The molecule has 0 atom stereocenters. The number of anilines is 1. The van der Waals surface area contributed by atoms with E-state index in [4.69, 9.17) is 4.42 Å². The Hall–Kier alpha value is 0.220. The molecule has 0 aliphatic carbocycles. The molecule has 0 aliphatic heterocycles. The van der Waals surface area contributed by atoms with Gasteiger partial charge in [-0.3, -0.25) is 0 Å². The van der Waals surface area contributed by atoms with Gasteiger partial charge in [-0.25, -0.2) is 0 Å². The van der Waals surface area contributed by atoms with Gasteiger partial charge in [-0.2, -0.15) is 0 Å². The van der Waals surface area contributed by atoms with Gasteiger partial charge in [0.25, 0.3) is 0 Å². The second-order valence-corrected chi connectivity index (χ2v) is 6.66. The third-order valence-electron chi connectivity index (χ3n) is 2.08. The Morgan fingerprint density at radius 3 is 2.35 bits per heavy atom. The van der Waals surface area contributed by atoms with Crippen LogP contribution in [0.3, 0.4) is 0 Å². The van der Waals surface area contributed by atoms with Gasteiger partial charge in [0.2, 0.25) is 0 Å². The van der Waals surface area contributed by atoms with Crippen LogP contribution in [0.15, 0.2) is 46.8 Å². The zero-order valence-corrected chi connectivity index (χ0v) is 14.8.